The van der Waals surface area contributed by atoms with E-state index in [-0.39, 0.29) is 0 Å². The molecule has 0 unspecified atom stereocenters. The Morgan fingerprint density at radius 1 is 1.40 bits per heavy atom. The Balaban J connectivity index is 4.70. The van der Waals surface area contributed by atoms with Crippen LogP contribution in [0.5, 0.6) is 0 Å². The second kappa shape index (κ2) is 4.98. The minimum atomic E-state index is -5.06. The summed E-state index contributed by atoms with van der Waals surface area (Å²) < 4.78 is 45.9. The molecule has 0 heterocycles. The monoisotopic (exact) mass is 246 g/mol. The van der Waals surface area contributed by atoms with E-state index in [0.29, 0.717) is 0 Å². The van der Waals surface area contributed by atoms with Gasteiger partial charge in [0.2, 0.25) is 5.91 Å². The lowest BCUT2D eigenvalue weighted by molar-refractivity contribution is -0.140. The van der Waals surface area contributed by atoms with Gasteiger partial charge >= 0.3 is 11.7 Å². The fourth-order valence-electron chi connectivity index (χ4n) is 0.630. The average Bonchev–Trinajstić information content (AvgIpc) is 2.01. The quantitative estimate of drug-likeness (QED) is 0.523. The minimum absolute atomic E-state index is 0.902. The topological polar surface area (TPSA) is 127 Å². The smallest absolute Gasteiger partial charge is 0.350 e. The Bertz CT molecular complexity index is 354. The molecule has 0 aromatic heterocycles. The minimum Gasteiger partial charge on any atom is -0.480 e. The molecule has 7 nitrogen and oxygen atoms in total. The zero-order valence-electron chi connectivity index (χ0n) is 7.18. The van der Waals surface area contributed by atoms with Crippen LogP contribution in [0.15, 0.2) is 0 Å². The van der Waals surface area contributed by atoms with Gasteiger partial charge < -0.3 is 10.8 Å². The number of carbonyl (C=O) groups is 2. The van der Waals surface area contributed by atoms with Gasteiger partial charge in [-0.3, -0.25) is 9.59 Å². The molecule has 4 N–H and O–H groups in total. The fraction of sp³-hybridized carbons (Fsp3) is 0.600. The second-order valence-electron chi connectivity index (χ2n) is 2.48. The normalized spacial score (nSPS) is 13.8. The zero-order valence-corrected chi connectivity index (χ0v) is 8.00. The summed E-state index contributed by atoms with van der Waals surface area (Å²) in [6, 6.07) is -1.98. The van der Waals surface area contributed by atoms with Crippen molar-refractivity contribution in [1.29, 1.82) is 0 Å². The summed E-state index contributed by atoms with van der Waals surface area (Å²) in [5.74, 6) is -6.66. The van der Waals surface area contributed by atoms with E-state index in [1.165, 1.54) is 0 Å². The van der Waals surface area contributed by atoms with Gasteiger partial charge in [0, 0.05) is 0 Å². The van der Waals surface area contributed by atoms with Crippen molar-refractivity contribution in [3.8, 4) is 0 Å². The van der Waals surface area contributed by atoms with Crippen molar-refractivity contribution in [2.24, 2.45) is 5.73 Å². The van der Waals surface area contributed by atoms with Gasteiger partial charge in [0.15, 0.2) is 0 Å². The number of alkyl halides is 2. The van der Waals surface area contributed by atoms with Crippen molar-refractivity contribution in [2.75, 3.05) is 0 Å². The highest BCUT2D eigenvalue weighted by molar-refractivity contribution is 7.89. The number of halogens is 2. The van der Waals surface area contributed by atoms with Crippen molar-refractivity contribution in [3.63, 3.8) is 0 Å². The molecule has 0 aromatic carbocycles. The lowest BCUT2D eigenvalue weighted by Crippen LogP contribution is -2.45. The Hall–Kier alpha value is -1.29. The number of rotatable bonds is 6. The molecule has 0 spiro atoms. The van der Waals surface area contributed by atoms with Gasteiger partial charge in [-0.25, -0.2) is 8.42 Å². The molecule has 10 heteroatoms. The van der Waals surface area contributed by atoms with Crippen LogP contribution >= 0.6 is 0 Å². The van der Waals surface area contributed by atoms with E-state index in [1.54, 1.807) is 0 Å². The van der Waals surface area contributed by atoms with Crippen LogP contribution in [0, 0.1) is 0 Å². The van der Waals surface area contributed by atoms with Crippen LogP contribution in [0.2, 0.25) is 0 Å². The van der Waals surface area contributed by atoms with Gasteiger partial charge in [0.1, 0.15) is 6.04 Å². The van der Waals surface area contributed by atoms with Gasteiger partial charge in [0.25, 0.3) is 10.0 Å². The standard InChI is InChI=1S/C5H8F2N2O5S/c6-5(7)15(13,14)9-2(4(11)12)1-3(8)10/h2,5,9H,1H2,(H2,8,10)(H,11,12)/t2-/m1/s1. The van der Waals surface area contributed by atoms with Gasteiger partial charge in [-0.1, -0.05) is 0 Å². The largest absolute Gasteiger partial charge is 0.480 e. The van der Waals surface area contributed by atoms with Crippen molar-refractivity contribution in [3.05, 3.63) is 0 Å². The van der Waals surface area contributed by atoms with Gasteiger partial charge in [-0.2, -0.15) is 13.5 Å². The number of nitrogens with one attached hydrogen (secondary N) is 1. The van der Waals surface area contributed by atoms with Crippen molar-refractivity contribution in [1.82, 2.24) is 4.72 Å². The lowest BCUT2D eigenvalue weighted by atomic mass is 10.2. The Morgan fingerprint density at radius 2 is 1.87 bits per heavy atom. The summed E-state index contributed by atoms with van der Waals surface area (Å²) in [7, 11) is -5.06. The van der Waals surface area contributed by atoms with Gasteiger partial charge in [-0.15, -0.1) is 0 Å². The van der Waals surface area contributed by atoms with E-state index in [0.717, 1.165) is 4.72 Å². The number of primary amides is 1. The maximum Gasteiger partial charge on any atom is 0.350 e. The highest BCUT2D eigenvalue weighted by Gasteiger charge is 2.31. The molecular formula is C5H8F2N2O5S. The highest BCUT2D eigenvalue weighted by Crippen LogP contribution is 2.04. The molecule has 0 radical (unpaired) electrons. The summed E-state index contributed by atoms with van der Waals surface area (Å²) in [6.45, 7) is 0. The van der Waals surface area contributed by atoms with Crippen LogP contribution in [0.4, 0.5) is 8.78 Å². The van der Waals surface area contributed by atoms with Crippen LogP contribution in [0.25, 0.3) is 0 Å². The first-order valence-electron chi connectivity index (χ1n) is 3.47. The first-order chi connectivity index (χ1) is 6.66. The van der Waals surface area contributed by atoms with E-state index in [9.17, 15) is 26.8 Å². The molecule has 88 valence electrons. The average molecular weight is 246 g/mol. The number of hydrogen-bond donors (Lipinski definition) is 3. The maximum absolute atomic E-state index is 11.8. The van der Waals surface area contributed by atoms with Crippen molar-refractivity contribution >= 4 is 21.9 Å². The lowest BCUT2D eigenvalue weighted by Gasteiger charge is -2.12. The molecule has 1 atom stereocenters. The molecule has 0 fully saturated rings. The zero-order chi connectivity index (χ0) is 12.2. The summed E-state index contributed by atoms with van der Waals surface area (Å²) in [6.07, 6.45) is -0.902. The Labute approximate surface area is 83.3 Å². The van der Waals surface area contributed by atoms with E-state index >= 15 is 0 Å². The second-order valence-corrected chi connectivity index (χ2v) is 4.17. The van der Waals surface area contributed by atoms with Crippen molar-refractivity contribution < 1.29 is 31.9 Å². The van der Waals surface area contributed by atoms with E-state index in [1.807, 2.05) is 0 Å². The molecule has 0 bridgehead atoms. The van der Waals surface area contributed by atoms with Crippen LogP contribution in [-0.4, -0.2) is 37.2 Å². The summed E-state index contributed by atoms with van der Waals surface area (Å²) in [5.41, 5.74) is 4.60. The Kier molecular flexibility index (Phi) is 4.55. The molecule has 15 heavy (non-hydrogen) atoms. The molecule has 0 aliphatic carbocycles. The molecular weight excluding hydrogens is 238 g/mol. The maximum atomic E-state index is 11.8. The van der Waals surface area contributed by atoms with Gasteiger partial charge in [-0.05, 0) is 0 Å². The fourth-order valence-corrected chi connectivity index (χ4v) is 1.31. The third-order valence-corrected chi connectivity index (χ3v) is 2.33. The summed E-state index contributed by atoms with van der Waals surface area (Å²) >= 11 is 0. The number of hydrogen-bond acceptors (Lipinski definition) is 4. The summed E-state index contributed by atoms with van der Waals surface area (Å²) in [5, 5.41) is 8.39. The molecule has 0 aliphatic heterocycles. The number of amides is 1. The molecule has 0 aromatic rings. The van der Waals surface area contributed by atoms with Crippen LogP contribution in [0.1, 0.15) is 6.42 Å². The number of carboxylic acids is 1. The molecule has 1 amide bonds. The Morgan fingerprint density at radius 3 is 2.13 bits per heavy atom. The van der Waals surface area contributed by atoms with E-state index < -0.39 is 40.1 Å². The van der Waals surface area contributed by atoms with Crippen LogP contribution in [0.3, 0.4) is 0 Å². The third kappa shape index (κ3) is 4.65. The highest BCUT2D eigenvalue weighted by atomic mass is 32.2. The summed E-state index contributed by atoms with van der Waals surface area (Å²) in [4.78, 5) is 20.7. The molecule has 0 rings (SSSR count). The van der Waals surface area contributed by atoms with E-state index in [4.69, 9.17) is 5.11 Å². The predicted octanol–water partition coefficient (Wildman–Crippen LogP) is -1.54. The first-order valence-corrected chi connectivity index (χ1v) is 5.02. The first kappa shape index (κ1) is 13.7. The third-order valence-electron chi connectivity index (χ3n) is 1.24. The van der Waals surface area contributed by atoms with E-state index in [2.05, 4.69) is 5.73 Å². The SMILES string of the molecule is NC(=O)C[C@@H](NS(=O)(=O)C(F)F)C(=O)O. The van der Waals surface area contributed by atoms with Gasteiger partial charge in [0.05, 0.1) is 6.42 Å². The van der Waals surface area contributed by atoms with Crippen LogP contribution in [-0.2, 0) is 19.6 Å². The molecule has 0 saturated carbocycles. The number of carboxylic acid groups (broad SMARTS) is 1. The van der Waals surface area contributed by atoms with Crippen molar-refractivity contribution in [2.45, 2.75) is 18.2 Å². The predicted molar refractivity (Wildman–Crippen MR) is 43.3 cm³/mol. The number of nitrogens with two attached hydrogens (primary N) is 1. The number of aliphatic carboxylic acids is 1. The van der Waals surface area contributed by atoms with Crippen LogP contribution < -0.4 is 10.5 Å². The molecule has 0 aliphatic rings. The molecule has 0 saturated heterocycles. The number of sulfonamides is 1. The number of carbonyl (C=O) groups excluding carboxylic acids is 1.